The summed E-state index contributed by atoms with van der Waals surface area (Å²) in [5.41, 5.74) is 1.18. The van der Waals surface area contributed by atoms with Crippen LogP contribution in [0.5, 0.6) is 11.5 Å². The van der Waals surface area contributed by atoms with E-state index < -0.39 is 5.97 Å². The molecule has 148 valence electrons. The molecule has 9 heteroatoms. The second-order valence-electron chi connectivity index (χ2n) is 5.49. The molecule has 8 nitrogen and oxygen atoms in total. The van der Waals surface area contributed by atoms with E-state index in [4.69, 9.17) is 14.2 Å². The van der Waals surface area contributed by atoms with Gasteiger partial charge >= 0.3 is 5.97 Å². The summed E-state index contributed by atoms with van der Waals surface area (Å²) in [5, 5.41) is 12.3. The Hall–Kier alpha value is -3.51. The van der Waals surface area contributed by atoms with Crippen molar-refractivity contribution in [3.8, 4) is 29.0 Å². The van der Waals surface area contributed by atoms with Crippen LogP contribution in [0.15, 0.2) is 53.7 Å². The van der Waals surface area contributed by atoms with Crippen molar-refractivity contribution in [2.75, 3.05) is 26.6 Å². The van der Waals surface area contributed by atoms with E-state index in [9.17, 15) is 4.79 Å². The third-order valence-electron chi connectivity index (χ3n) is 3.76. The molecule has 0 spiro atoms. The van der Waals surface area contributed by atoms with Crippen molar-refractivity contribution in [1.82, 2.24) is 20.2 Å². The molecule has 0 radical (unpaired) electrons. The number of nitrogens with zero attached hydrogens (tertiary/aromatic N) is 4. The Labute approximate surface area is 172 Å². The van der Waals surface area contributed by atoms with Crippen molar-refractivity contribution in [2.45, 2.75) is 5.16 Å². The molecule has 0 unspecified atom stereocenters. The lowest BCUT2D eigenvalue weighted by Crippen LogP contribution is -2.07. The zero-order valence-corrected chi connectivity index (χ0v) is 16.7. The molecule has 0 saturated carbocycles. The molecule has 0 saturated heterocycles. The molecule has 3 aromatic rings. The van der Waals surface area contributed by atoms with Crippen molar-refractivity contribution in [1.29, 1.82) is 0 Å². The number of benzene rings is 2. The Morgan fingerprint density at radius 3 is 2.62 bits per heavy atom. The number of carbonyl (C=O) groups excluding carboxylic acids is 1. The number of methoxy groups -OCH3 is 2. The second kappa shape index (κ2) is 10.1. The van der Waals surface area contributed by atoms with E-state index in [1.165, 1.54) is 18.9 Å². The van der Waals surface area contributed by atoms with E-state index in [1.807, 2.05) is 24.3 Å². The lowest BCUT2D eigenvalue weighted by atomic mass is 10.2. The van der Waals surface area contributed by atoms with Crippen LogP contribution in [0.3, 0.4) is 0 Å². The van der Waals surface area contributed by atoms with E-state index in [-0.39, 0.29) is 6.61 Å². The largest absolute Gasteiger partial charge is 0.497 e. The molecular weight excluding hydrogens is 392 g/mol. The van der Waals surface area contributed by atoms with Gasteiger partial charge in [-0.2, -0.15) is 4.68 Å². The number of hydrogen-bond donors (Lipinski definition) is 0. The maximum absolute atomic E-state index is 12.1. The molecule has 0 aliphatic heterocycles. The quantitative estimate of drug-likeness (QED) is 0.334. The molecule has 2 aromatic carbocycles. The fraction of sp³-hybridized carbons (Fsp3) is 0.200. The zero-order valence-electron chi connectivity index (χ0n) is 15.9. The van der Waals surface area contributed by atoms with Gasteiger partial charge in [0.15, 0.2) is 6.61 Å². The minimum atomic E-state index is -0.479. The summed E-state index contributed by atoms with van der Waals surface area (Å²) in [5.74, 6) is 6.93. The van der Waals surface area contributed by atoms with Gasteiger partial charge in [0.2, 0.25) is 5.16 Å². The Kier molecular flexibility index (Phi) is 7.08. The van der Waals surface area contributed by atoms with Crippen LogP contribution >= 0.6 is 11.8 Å². The lowest BCUT2D eigenvalue weighted by Gasteiger charge is -2.06. The minimum Gasteiger partial charge on any atom is -0.497 e. The van der Waals surface area contributed by atoms with Crippen molar-refractivity contribution in [2.24, 2.45) is 0 Å². The number of rotatable bonds is 7. The third-order valence-corrected chi connectivity index (χ3v) is 4.56. The van der Waals surface area contributed by atoms with Crippen LogP contribution in [-0.4, -0.2) is 52.8 Å². The van der Waals surface area contributed by atoms with Crippen LogP contribution in [0, 0.1) is 11.8 Å². The fourth-order valence-corrected chi connectivity index (χ4v) is 3.01. The van der Waals surface area contributed by atoms with Gasteiger partial charge in [-0.1, -0.05) is 35.7 Å². The van der Waals surface area contributed by atoms with Crippen LogP contribution in [0.2, 0.25) is 0 Å². The van der Waals surface area contributed by atoms with E-state index in [0.717, 1.165) is 11.4 Å². The summed E-state index contributed by atoms with van der Waals surface area (Å²) in [6, 6.07) is 14.3. The maximum Gasteiger partial charge on any atom is 0.342 e. The van der Waals surface area contributed by atoms with Crippen LogP contribution in [0.1, 0.15) is 10.4 Å². The van der Waals surface area contributed by atoms with E-state index in [2.05, 4.69) is 27.4 Å². The summed E-state index contributed by atoms with van der Waals surface area (Å²) >= 11 is 1.38. The van der Waals surface area contributed by atoms with E-state index >= 15 is 0 Å². The summed E-state index contributed by atoms with van der Waals surface area (Å²) in [4.78, 5) is 12.1. The zero-order chi connectivity index (χ0) is 20.5. The molecule has 0 aliphatic carbocycles. The van der Waals surface area contributed by atoms with Gasteiger partial charge in [-0.3, -0.25) is 0 Å². The number of carbonyl (C=O) groups is 1. The average Bonchev–Trinajstić information content (AvgIpc) is 3.24. The molecular formula is C20H18N4O4S. The highest BCUT2D eigenvalue weighted by molar-refractivity contribution is 7.99. The molecule has 0 aliphatic rings. The molecule has 0 amide bonds. The Morgan fingerprint density at radius 2 is 1.86 bits per heavy atom. The van der Waals surface area contributed by atoms with Gasteiger partial charge in [0.1, 0.15) is 17.1 Å². The van der Waals surface area contributed by atoms with Crippen molar-refractivity contribution in [3.05, 3.63) is 54.1 Å². The smallest absolute Gasteiger partial charge is 0.342 e. The third kappa shape index (κ3) is 5.27. The summed E-state index contributed by atoms with van der Waals surface area (Å²) in [6.07, 6.45) is 0. The van der Waals surface area contributed by atoms with E-state index in [1.54, 1.807) is 36.1 Å². The summed E-state index contributed by atoms with van der Waals surface area (Å²) in [6.45, 7) is -0.0130. The number of esters is 1. The van der Waals surface area contributed by atoms with Crippen molar-refractivity contribution >= 4 is 17.7 Å². The van der Waals surface area contributed by atoms with Gasteiger partial charge in [0.05, 0.1) is 25.7 Å². The van der Waals surface area contributed by atoms with Crippen LogP contribution < -0.4 is 9.47 Å². The van der Waals surface area contributed by atoms with Gasteiger partial charge < -0.3 is 14.2 Å². The average molecular weight is 410 g/mol. The molecule has 1 aromatic heterocycles. The maximum atomic E-state index is 12.1. The molecule has 0 atom stereocenters. The number of ether oxygens (including phenoxy) is 3. The molecule has 0 N–H and O–H groups in total. The fourth-order valence-electron chi connectivity index (χ4n) is 2.35. The first-order valence-electron chi connectivity index (χ1n) is 8.54. The summed E-state index contributed by atoms with van der Waals surface area (Å²) < 4.78 is 17.1. The number of para-hydroxylation sites is 1. The van der Waals surface area contributed by atoms with Gasteiger partial charge in [-0.15, -0.1) is 5.10 Å². The lowest BCUT2D eigenvalue weighted by molar-refractivity contribution is 0.0553. The highest BCUT2D eigenvalue weighted by atomic mass is 32.2. The van der Waals surface area contributed by atoms with Crippen LogP contribution in [-0.2, 0) is 4.74 Å². The summed E-state index contributed by atoms with van der Waals surface area (Å²) in [7, 11) is 3.11. The van der Waals surface area contributed by atoms with Gasteiger partial charge in [0.25, 0.3) is 0 Å². The Balaban J connectivity index is 1.51. The van der Waals surface area contributed by atoms with Crippen molar-refractivity contribution < 1.29 is 19.0 Å². The molecule has 0 fully saturated rings. The predicted molar refractivity (Wildman–Crippen MR) is 107 cm³/mol. The highest BCUT2D eigenvalue weighted by Gasteiger charge is 2.12. The molecule has 1 heterocycles. The van der Waals surface area contributed by atoms with Gasteiger partial charge in [-0.05, 0) is 46.8 Å². The number of thioether (sulfide) groups is 1. The Morgan fingerprint density at radius 1 is 1.07 bits per heavy atom. The molecule has 0 bridgehead atoms. The predicted octanol–water partition coefficient (Wildman–Crippen LogP) is 2.63. The van der Waals surface area contributed by atoms with Gasteiger partial charge in [0, 0.05) is 0 Å². The molecule has 29 heavy (non-hydrogen) atoms. The monoisotopic (exact) mass is 410 g/mol. The SMILES string of the molecule is COc1ccc(-n2nnnc2SCC#CCOC(=O)c2ccccc2OC)cc1. The topological polar surface area (TPSA) is 88.4 Å². The van der Waals surface area contributed by atoms with E-state index in [0.29, 0.717) is 22.2 Å². The van der Waals surface area contributed by atoms with Crippen molar-refractivity contribution in [3.63, 3.8) is 0 Å². The van der Waals surface area contributed by atoms with Crippen LogP contribution in [0.25, 0.3) is 5.69 Å². The standard InChI is InChI=1S/C20H18N4O4S/c1-26-16-11-9-15(10-12-16)24-20(21-22-23-24)29-14-6-5-13-28-19(25)17-7-3-4-8-18(17)27-2/h3-4,7-12H,13-14H2,1-2H3. The second-order valence-corrected chi connectivity index (χ2v) is 6.43. The van der Waals surface area contributed by atoms with Crippen LogP contribution in [0.4, 0.5) is 0 Å². The number of hydrogen-bond acceptors (Lipinski definition) is 8. The first-order chi connectivity index (χ1) is 14.2. The number of aromatic nitrogens is 4. The minimum absolute atomic E-state index is 0.0130. The molecule has 3 rings (SSSR count). The van der Waals surface area contributed by atoms with Gasteiger partial charge in [-0.25, -0.2) is 4.79 Å². The first kappa shape index (κ1) is 20.2. The normalized spacial score (nSPS) is 10.0. The first-order valence-corrected chi connectivity index (χ1v) is 9.53. The highest BCUT2D eigenvalue weighted by Crippen LogP contribution is 2.20. The number of tetrazole rings is 1. The Bertz CT molecular complexity index is 1020.